The number of nitrogens with zero attached hydrogens (tertiary/aromatic N) is 2. The molecule has 0 aliphatic heterocycles. The molecule has 4 rings (SSSR count). The number of hydrogen-bond acceptors (Lipinski definition) is 5. The molecule has 0 atom stereocenters. The number of ether oxygens (including phenoxy) is 1. The van der Waals surface area contributed by atoms with Crippen LogP contribution in [0.2, 0.25) is 0 Å². The van der Waals surface area contributed by atoms with Crippen LogP contribution >= 0.6 is 15.9 Å². The summed E-state index contributed by atoms with van der Waals surface area (Å²) >= 11 is 3.45. The van der Waals surface area contributed by atoms with Crippen LogP contribution in [0.1, 0.15) is 32.2 Å². The summed E-state index contributed by atoms with van der Waals surface area (Å²) in [5, 5.41) is 9.62. The Morgan fingerprint density at radius 1 is 1.06 bits per heavy atom. The Morgan fingerprint density at radius 3 is 2.58 bits per heavy atom. The van der Waals surface area contributed by atoms with E-state index in [-0.39, 0.29) is 24.1 Å². The molecule has 0 saturated heterocycles. The van der Waals surface area contributed by atoms with Crippen LogP contribution in [0, 0.1) is 0 Å². The number of anilines is 1. The standard InChI is InChI=1S/C24H21BrN4O4/c1-29-22(24(31)26-13-18-5-4-12-32-18)20(14-27-29)28-23(30)17-10-8-16(9-11-17)15-33-21-7-3-2-6-19(21)25/h2-12,14H,13,15H2,1H3,(H,26,31)(H,28,30). The lowest BCUT2D eigenvalue weighted by Crippen LogP contribution is -2.26. The Balaban J connectivity index is 1.38. The van der Waals surface area contributed by atoms with Crippen molar-refractivity contribution in [3.8, 4) is 5.75 Å². The highest BCUT2D eigenvalue weighted by atomic mass is 79.9. The summed E-state index contributed by atoms with van der Waals surface area (Å²) in [6, 6.07) is 18.2. The highest BCUT2D eigenvalue weighted by Crippen LogP contribution is 2.25. The van der Waals surface area contributed by atoms with Gasteiger partial charge in [-0.2, -0.15) is 5.10 Å². The first kappa shape index (κ1) is 22.3. The van der Waals surface area contributed by atoms with Gasteiger partial charge in [-0.25, -0.2) is 0 Å². The number of para-hydroxylation sites is 1. The number of carbonyl (C=O) groups excluding carboxylic acids is 2. The van der Waals surface area contributed by atoms with Crippen LogP contribution in [0.15, 0.2) is 82.0 Å². The minimum Gasteiger partial charge on any atom is -0.488 e. The molecule has 2 amide bonds. The van der Waals surface area contributed by atoms with E-state index in [0.717, 1.165) is 15.8 Å². The van der Waals surface area contributed by atoms with Crippen molar-refractivity contribution in [2.75, 3.05) is 5.32 Å². The number of halogens is 1. The number of aryl methyl sites for hydroxylation is 1. The molecule has 2 aromatic heterocycles. The van der Waals surface area contributed by atoms with Gasteiger partial charge >= 0.3 is 0 Å². The lowest BCUT2D eigenvalue weighted by molar-refractivity contribution is 0.0939. The van der Waals surface area contributed by atoms with Crippen LogP contribution in [-0.4, -0.2) is 21.6 Å². The van der Waals surface area contributed by atoms with Crippen LogP contribution < -0.4 is 15.4 Å². The number of rotatable bonds is 8. The molecule has 0 bridgehead atoms. The van der Waals surface area contributed by atoms with Gasteiger partial charge in [-0.3, -0.25) is 14.3 Å². The van der Waals surface area contributed by atoms with Gasteiger partial charge in [-0.1, -0.05) is 24.3 Å². The maximum atomic E-state index is 12.7. The van der Waals surface area contributed by atoms with Gasteiger partial charge in [0.2, 0.25) is 0 Å². The Morgan fingerprint density at radius 2 is 1.85 bits per heavy atom. The number of nitrogens with one attached hydrogen (secondary N) is 2. The summed E-state index contributed by atoms with van der Waals surface area (Å²) in [6.45, 7) is 0.598. The first-order valence-electron chi connectivity index (χ1n) is 10.1. The minimum atomic E-state index is -0.374. The van der Waals surface area contributed by atoms with Gasteiger partial charge in [0.1, 0.15) is 23.8 Å². The summed E-state index contributed by atoms with van der Waals surface area (Å²) in [4.78, 5) is 25.4. The highest BCUT2D eigenvalue weighted by molar-refractivity contribution is 9.10. The Bertz CT molecular complexity index is 1250. The molecular formula is C24H21BrN4O4. The average Bonchev–Trinajstić information content (AvgIpc) is 3.47. The predicted octanol–water partition coefficient (Wildman–Crippen LogP) is 4.54. The summed E-state index contributed by atoms with van der Waals surface area (Å²) in [5.74, 6) is 0.649. The van der Waals surface area contributed by atoms with E-state index in [1.165, 1.54) is 17.1 Å². The number of furan rings is 1. The summed E-state index contributed by atoms with van der Waals surface area (Å²) in [5.41, 5.74) is 1.93. The quantitative estimate of drug-likeness (QED) is 0.364. The SMILES string of the molecule is Cn1ncc(NC(=O)c2ccc(COc3ccccc3Br)cc2)c1C(=O)NCc1ccco1. The van der Waals surface area contributed by atoms with Crippen molar-refractivity contribution in [1.82, 2.24) is 15.1 Å². The van der Waals surface area contributed by atoms with Crippen molar-refractivity contribution in [1.29, 1.82) is 0 Å². The van der Waals surface area contributed by atoms with Crippen LogP contribution in [0.4, 0.5) is 5.69 Å². The summed E-state index contributed by atoms with van der Waals surface area (Å²) < 4.78 is 13.3. The second-order valence-corrected chi connectivity index (χ2v) is 8.02. The maximum Gasteiger partial charge on any atom is 0.272 e. The zero-order valence-electron chi connectivity index (χ0n) is 17.7. The van der Waals surface area contributed by atoms with E-state index in [1.54, 1.807) is 31.3 Å². The smallest absolute Gasteiger partial charge is 0.272 e. The second kappa shape index (κ2) is 10.2. The molecule has 33 heavy (non-hydrogen) atoms. The molecule has 0 fully saturated rings. The largest absolute Gasteiger partial charge is 0.488 e. The molecule has 2 N–H and O–H groups in total. The molecule has 4 aromatic rings. The molecule has 9 heteroatoms. The fourth-order valence-electron chi connectivity index (χ4n) is 3.13. The number of carbonyl (C=O) groups is 2. The van der Waals surface area contributed by atoms with Gasteiger partial charge in [0.15, 0.2) is 0 Å². The van der Waals surface area contributed by atoms with Crippen molar-refractivity contribution in [3.63, 3.8) is 0 Å². The molecule has 0 spiro atoms. The van der Waals surface area contributed by atoms with E-state index in [2.05, 4.69) is 31.7 Å². The van der Waals surface area contributed by atoms with Crippen LogP contribution in [-0.2, 0) is 20.2 Å². The van der Waals surface area contributed by atoms with Crippen molar-refractivity contribution in [2.45, 2.75) is 13.2 Å². The van der Waals surface area contributed by atoms with E-state index < -0.39 is 0 Å². The van der Waals surface area contributed by atoms with Crippen molar-refractivity contribution < 1.29 is 18.7 Å². The molecule has 0 radical (unpaired) electrons. The Kier molecular flexibility index (Phi) is 6.89. The van der Waals surface area contributed by atoms with Gasteiger partial charge in [0.05, 0.1) is 29.2 Å². The van der Waals surface area contributed by atoms with E-state index in [0.29, 0.717) is 23.6 Å². The van der Waals surface area contributed by atoms with Crippen LogP contribution in [0.5, 0.6) is 5.75 Å². The predicted molar refractivity (Wildman–Crippen MR) is 126 cm³/mol. The van der Waals surface area contributed by atoms with Gasteiger partial charge in [0.25, 0.3) is 11.8 Å². The zero-order valence-corrected chi connectivity index (χ0v) is 19.3. The molecule has 0 aliphatic rings. The molecule has 0 unspecified atom stereocenters. The average molecular weight is 509 g/mol. The number of benzene rings is 2. The summed E-state index contributed by atoms with van der Waals surface area (Å²) in [6.07, 6.45) is 2.98. The van der Waals surface area contributed by atoms with E-state index >= 15 is 0 Å². The molecule has 2 aromatic carbocycles. The molecule has 2 heterocycles. The number of amides is 2. The van der Waals surface area contributed by atoms with Gasteiger partial charge < -0.3 is 19.8 Å². The van der Waals surface area contributed by atoms with E-state index in [1.807, 2.05) is 36.4 Å². The first-order valence-corrected chi connectivity index (χ1v) is 10.9. The topological polar surface area (TPSA) is 98.4 Å². The molecule has 0 aliphatic carbocycles. The third kappa shape index (κ3) is 5.50. The summed E-state index contributed by atoms with van der Waals surface area (Å²) in [7, 11) is 1.64. The number of aromatic nitrogens is 2. The van der Waals surface area contributed by atoms with E-state index in [4.69, 9.17) is 9.15 Å². The third-order valence-electron chi connectivity index (χ3n) is 4.85. The zero-order chi connectivity index (χ0) is 23.2. The number of hydrogen-bond donors (Lipinski definition) is 2. The minimum absolute atomic E-state index is 0.230. The first-order chi connectivity index (χ1) is 16.0. The maximum absolute atomic E-state index is 12.7. The highest BCUT2D eigenvalue weighted by Gasteiger charge is 2.19. The lowest BCUT2D eigenvalue weighted by atomic mass is 10.1. The molecule has 8 nitrogen and oxygen atoms in total. The van der Waals surface area contributed by atoms with Crippen molar-refractivity contribution >= 4 is 33.4 Å². The second-order valence-electron chi connectivity index (χ2n) is 7.16. The van der Waals surface area contributed by atoms with Gasteiger partial charge in [-0.05, 0) is 57.9 Å². The fraction of sp³-hybridized carbons (Fsp3) is 0.125. The van der Waals surface area contributed by atoms with Crippen molar-refractivity contribution in [3.05, 3.63) is 100 Å². The van der Waals surface area contributed by atoms with Crippen molar-refractivity contribution in [2.24, 2.45) is 7.05 Å². The van der Waals surface area contributed by atoms with Crippen LogP contribution in [0.25, 0.3) is 0 Å². The lowest BCUT2D eigenvalue weighted by Gasteiger charge is -2.10. The van der Waals surface area contributed by atoms with Crippen LogP contribution in [0.3, 0.4) is 0 Å². The Hall–Kier alpha value is -3.85. The fourth-order valence-corrected chi connectivity index (χ4v) is 3.53. The molecule has 0 saturated carbocycles. The molecular weight excluding hydrogens is 488 g/mol. The normalized spacial score (nSPS) is 10.6. The van der Waals surface area contributed by atoms with Gasteiger partial charge in [0, 0.05) is 12.6 Å². The Labute approximate surface area is 198 Å². The molecule has 168 valence electrons. The monoisotopic (exact) mass is 508 g/mol. The van der Waals surface area contributed by atoms with E-state index in [9.17, 15) is 9.59 Å². The third-order valence-corrected chi connectivity index (χ3v) is 5.51. The van der Waals surface area contributed by atoms with Gasteiger partial charge in [-0.15, -0.1) is 0 Å².